The molecule has 1 aromatic rings. The van der Waals surface area contributed by atoms with E-state index >= 15 is 0 Å². The average Bonchev–Trinajstić information content (AvgIpc) is 2.77. The van der Waals surface area contributed by atoms with Gasteiger partial charge in [0.05, 0.1) is 11.7 Å². The van der Waals surface area contributed by atoms with Crippen molar-refractivity contribution in [2.24, 2.45) is 5.92 Å². The first kappa shape index (κ1) is 12.4. The number of rotatable bonds is 3. The van der Waals surface area contributed by atoms with Crippen LogP contribution in [0.5, 0.6) is 0 Å². The summed E-state index contributed by atoms with van der Waals surface area (Å²) in [5.74, 6) is 1.71. The van der Waals surface area contributed by atoms with Crippen LogP contribution >= 0.6 is 0 Å². The predicted molar refractivity (Wildman–Crippen MR) is 72.9 cm³/mol. The molecule has 0 amide bonds. The number of hydrogen-bond acceptors (Lipinski definition) is 4. The largest absolute Gasteiger partial charge is 0.378 e. The molecule has 0 aromatic carbocycles. The number of pyridine rings is 1. The summed E-state index contributed by atoms with van der Waals surface area (Å²) in [5, 5.41) is 12.6. The number of nitrogens with one attached hydrogen (secondary N) is 1. The molecule has 4 heteroatoms. The zero-order valence-electron chi connectivity index (χ0n) is 11.4. The quantitative estimate of drug-likeness (QED) is 0.904. The van der Waals surface area contributed by atoms with Gasteiger partial charge in [-0.05, 0) is 30.9 Å². The van der Waals surface area contributed by atoms with Crippen LogP contribution in [0.2, 0.25) is 0 Å². The minimum absolute atomic E-state index is 0.372. The number of aromatic nitrogens is 1. The van der Waals surface area contributed by atoms with Gasteiger partial charge in [0.25, 0.3) is 0 Å². The number of ether oxygens (including phenoxy) is 1. The van der Waals surface area contributed by atoms with E-state index in [9.17, 15) is 5.26 Å². The van der Waals surface area contributed by atoms with Crippen LogP contribution in [0, 0.1) is 17.2 Å². The van der Waals surface area contributed by atoms with Gasteiger partial charge in [-0.15, -0.1) is 0 Å². The summed E-state index contributed by atoms with van der Waals surface area (Å²) < 4.78 is 5.61. The molecule has 1 N–H and O–H groups in total. The highest BCUT2D eigenvalue weighted by molar-refractivity contribution is 5.53. The van der Waals surface area contributed by atoms with E-state index in [1.807, 2.05) is 12.1 Å². The highest BCUT2D eigenvalue weighted by Gasteiger charge is 2.45. The molecule has 0 spiro atoms. The van der Waals surface area contributed by atoms with Crippen LogP contribution in [0.25, 0.3) is 0 Å². The molecule has 19 heavy (non-hydrogen) atoms. The third kappa shape index (κ3) is 2.19. The molecule has 0 radical (unpaired) electrons. The Bertz CT molecular complexity index is 521. The summed E-state index contributed by atoms with van der Waals surface area (Å²) in [6.07, 6.45) is 2.58. The lowest BCUT2D eigenvalue weighted by atomic mass is 9.76. The second-order valence-electron chi connectivity index (χ2n) is 5.75. The molecule has 3 atom stereocenters. The SMILES string of the molecule is CC(C)c1ccc(C#N)c(N[C@@H]2C[C@@H]3OCC[C@@H]32)n1. The standard InChI is InChI=1S/C15H19N3O/c1-9(2)12-4-3-10(8-16)15(17-12)18-13-7-14-11(13)5-6-19-14/h3-4,9,11,13-14H,5-7H2,1-2H3,(H,17,18)/t11-,13-,14+/m1/s1. The fraction of sp³-hybridized carbons (Fsp3) is 0.600. The van der Waals surface area contributed by atoms with Gasteiger partial charge in [0, 0.05) is 24.3 Å². The second-order valence-corrected chi connectivity index (χ2v) is 5.75. The van der Waals surface area contributed by atoms with Crippen molar-refractivity contribution >= 4 is 5.82 Å². The van der Waals surface area contributed by atoms with Crippen LogP contribution in [0.15, 0.2) is 12.1 Å². The monoisotopic (exact) mass is 257 g/mol. The maximum Gasteiger partial charge on any atom is 0.144 e. The first-order valence-electron chi connectivity index (χ1n) is 6.98. The fourth-order valence-corrected chi connectivity index (χ4v) is 2.93. The molecule has 3 rings (SSSR count). The maximum absolute atomic E-state index is 9.18. The van der Waals surface area contributed by atoms with Crippen LogP contribution in [0.1, 0.15) is 43.9 Å². The molecule has 1 aliphatic heterocycles. The molecule has 4 nitrogen and oxygen atoms in total. The van der Waals surface area contributed by atoms with E-state index in [4.69, 9.17) is 4.74 Å². The third-order valence-electron chi connectivity index (χ3n) is 4.21. The van der Waals surface area contributed by atoms with Crippen molar-refractivity contribution in [3.8, 4) is 6.07 Å². The number of fused-ring (bicyclic) bond motifs is 1. The molecule has 1 saturated heterocycles. The Hall–Kier alpha value is -1.60. The van der Waals surface area contributed by atoms with Gasteiger partial charge in [0.1, 0.15) is 11.9 Å². The summed E-state index contributed by atoms with van der Waals surface area (Å²) in [5.41, 5.74) is 1.66. The first-order chi connectivity index (χ1) is 9.19. The molecular weight excluding hydrogens is 238 g/mol. The molecule has 100 valence electrons. The second kappa shape index (κ2) is 4.82. The van der Waals surface area contributed by atoms with E-state index < -0.39 is 0 Å². The number of anilines is 1. The lowest BCUT2D eigenvalue weighted by molar-refractivity contribution is 0.0246. The van der Waals surface area contributed by atoms with Crippen LogP contribution in [0.3, 0.4) is 0 Å². The van der Waals surface area contributed by atoms with Crippen LogP contribution < -0.4 is 5.32 Å². The topological polar surface area (TPSA) is 57.9 Å². The summed E-state index contributed by atoms with van der Waals surface area (Å²) in [6.45, 7) is 5.10. The molecular formula is C15H19N3O. The van der Waals surface area contributed by atoms with E-state index in [0.29, 0.717) is 29.5 Å². The fourth-order valence-electron chi connectivity index (χ4n) is 2.93. The molecule has 0 unspecified atom stereocenters. The van der Waals surface area contributed by atoms with Crippen molar-refractivity contribution in [2.45, 2.75) is 44.8 Å². The van der Waals surface area contributed by atoms with E-state index in [1.165, 1.54) is 0 Å². The van der Waals surface area contributed by atoms with Gasteiger partial charge < -0.3 is 10.1 Å². The summed E-state index contributed by atoms with van der Waals surface area (Å²) >= 11 is 0. The third-order valence-corrected chi connectivity index (χ3v) is 4.21. The Kier molecular flexibility index (Phi) is 3.16. The van der Waals surface area contributed by atoms with Crippen molar-refractivity contribution in [3.05, 3.63) is 23.4 Å². The highest BCUT2D eigenvalue weighted by Crippen LogP contribution is 2.40. The lowest BCUT2D eigenvalue weighted by Crippen LogP contribution is -2.47. The summed E-state index contributed by atoms with van der Waals surface area (Å²) in [4.78, 5) is 4.60. The zero-order valence-corrected chi connectivity index (χ0v) is 11.4. The van der Waals surface area contributed by atoms with Crippen molar-refractivity contribution in [2.75, 3.05) is 11.9 Å². The number of nitriles is 1. The summed E-state index contributed by atoms with van der Waals surface area (Å²) in [7, 11) is 0. The minimum Gasteiger partial charge on any atom is -0.378 e. The van der Waals surface area contributed by atoms with Gasteiger partial charge in [-0.3, -0.25) is 0 Å². The van der Waals surface area contributed by atoms with E-state index in [2.05, 4.69) is 30.2 Å². The predicted octanol–water partition coefficient (Wildman–Crippen LogP) is 2.67. The van der Waals surface area contributed by atoms with Crippen LogP contribution in [-0.4, -0.2) is 23.7 Å². The van der Waals surface area contributed by atoms with Crippen molar-refractivity contribution in [1.82, 2.24) is 4.98 Å². The maximum atomic E-state index is 9.18. The van der Waals surface area contributed by atoms with Crippen LogP contribution in [-0.2, 0) is 4.74 Å². The van der Waals surface area contributed by atoms with Crippen LogP contribution in [0.4, 0.5) is 5.82 Å². The molecule has 2 heterocycles. The number of nitrogens with zero attached hydrogens (tertiary/aromatic N) is 2. The van der Waals surface area contributed by atoms with Gasteiger partial charge in [0.2, 0.25) is 0 Å². The van der Waals surface area contributed by atoms with E-state index in [1.54, 1.807) is 0 Å². The number of hydrogen-bond donors (Lipinski definition) is 1. The first-order valence-corrected chi connectivity index (χ1v) is 6.98. The molecule has 2 fully saturated rings. The molecule has 1 aliphatic carbocycles. The van der Waals surface area contributed by atoms with Gasteiger partial charge in [-0.2, -0.15) is 5.26 Å². The Labute approximate surface area is 113 Å². The Morgan fingerprint density at radius 2 is 2.32 bits per heavy atom. The Morgan fingerprint density at radius 1 is 1.47 bits per heavy atom. The molecule has 1 aromatic heterocycles. The zero-order chi connectivity index (χ0) is 13.4. The van der Waals surface area contributed by atoms with Crippen molar-refractivity contribution in [1.29, 1.82) is 5.26 Å². The van der Waals surface area contributed by atoms with Crippen molar-refractivity contribution < 1.29 is 4.74 Å². The molecule has 1 saturated carbocycles. The van der Waals surface area contributed by atoms with Gasteiger partial charge >= 0.3 is 0 Å². The van der Waals surface area contributed by atoms with Gasteiger partial charge in [-0.25, -0.2) is 4.98 Å². The highest BCUT2D eigenvalue weighted by atomic mass is 16.5. The normalized spacial score (nSPS) is 28.6. The lowest BCUT2D eigenvalue weighted by Gasteiger charge is -2.39. The van der Waals surface area contributed by atoms with E-state index in [-0.39, 0.29) is 0 Å². The van der Waals surface area contributed by atoms with Gasteiger partial charge in [-0.1, -0.05) is 13.8 Å². The summed E-state index contributed by atoms with van der Waals surface area (Å²) in [6, 6.07) is 6.44. The smallest absolute Gasteiger partial charge is 0.144 e. The van der Waals surface area contributed by atoms with Gasteiger partial charge in [0.15, 0.2) is 0 Å². The minimum atomic E-state index is 0.372. The molecule has 0 bridgehead atoms. The molecule has 2 aliphatic rings. The van der Waals surface area contributed by atoms with Crippen molar-refractivity contribution in [3.63, 3.8) is 0 Å². The van der Waals surface area contributed by atoms with E-state index in [0.717, 1.165) is 31.0 Å². The average molecular weight is 257 g/mol. The Balaban J connectivity index is 1.79. The Morgan fingerprint density at radius 3 is 3.00 bits per heavy atom.